The van der Waals surface area contributed by atoms with Gasteiger partial charge in [-0.25, -0.2) is 0 Å². The van der Waals surface area contributed by atoms with Crippen LogP contribution in [-0.2, 0) is 0 Å². The maximum Gasteiger partial charge on any atom is 0.492 e. The van der Waals surface area contributed by atoms with Crippen molar-refractivity contribution in [2.75, 3.05) is 0 Å². The predicted molar refractivity (Wildman–Crippen MR) is 161 cm³/mol. The lowest BCUT2D eigenvalue weighted by molar-refractivity contribution is 0.425. The van der Waals surface area contributed by atoms with Crippen molar-refractivity contribution in [3.63, 3.8) is 0 Å². The van der Waals surface area contributed by atoms with Gasteiger partial charge in [0.15, 0.2) is 0 Å². The Kier molecular flexibility index (Phi) is 4.74. The van der Waals surface area contributed by atoms with E-state index < -0.39 is 7.12 Å². The molecule has 8 aromatic rings. The first-order valence-electron chi connectivity index (χ1n) is 13.0. The molecule has 0 saturated heterocycles. The number of hydrogen-bond donors (Lipinski definition) is 2. The number of rotatable bonds is 3. The highest BCUT2D eigenvalue weighted by Gasteiger charge is 2.23. The standard InChI is InChI=1S/C34H22BNO3/c37-35(38)29-19-23-10-4-5-11-25(23)33-28-20-24(15-17-32(28)39-34(29)33)36-30-13-7-6-12-26(30)27-18-22(14-16-31(27)36)21-8-2-1-3-9-21/h1-20,37-38H. The Bertz CT molecular complexity index is 2210. The summed E-state index contributed by atoms with van der Waals surface area (Å²) in [7, 11) is -1.63. The molecule has 39 heavy (non-hydrogen) atoms. The third-order valence-corrected chi connectivity index (χ3v) is 7.79. The summed E-state index contributed by atoms with van der Waals surface area (Å²) < 4.78 is 8.53. The van der Waals surface area contributed by atoms with Crippen molar-refractivity contribution >= 4 is 67.1 Å². The molecule has 0 amide bonds. The molecule has 0 bridgehead atoms. The van der Waals surface area contributed by atoms with Crippen molar-refractivity contribution < 1.29 is 14.5 Å². The molecule has 2 N–H and O–H groups in total. The molecule has 5 heteroatoms. The number of aromatic nitrogens is 1. The molecule has 2 heterocycles. The van der Waals surface area contributed by atoms with Gasteiger partial charge in [0.25, 0.3) is 0 Å². The van der Waals surface area contributed by atoms with Gasteiger partial charge < -0.3 is 19.0 Å². The molecule has 184 valence electrons. The Morgan fingerprint density at radius 2 is 1.31 bits per heavy atom. The van der Waals surface area contributed by atoms with Crippen LogP contribution in [0.2, 0.25) is 0 Å². The molecule has 2 aromatic heterocycles. The van der Waals surface area contributed by atoms with Crippen LogP contribution in [0.5, 0.6) is 0 Å². The zero-order valence-electron chi connectivity index (χ0n) is 20.9. The largest absolute Gasteiger partial charge is 0.492 e. The maximum atomic E-state index is 10.1. The van der Waals surface area contributed by atoms with E-state index in [1.165, 1.54) is 21.9 Å². The first-order chi connectivity index (χ1) is 19.2. The molecule has 0 aliphatic heterocycles. The summed E-state index contributed by atoms with van der Waals surface area (Å²) >= 11 is 0. The Labute approximate surface area is 224 Å². The first-order valence-corrected chi connectivity index (χ1v) is 13.0. The van der Waals surface area contributed by atoms with Gasteiger partial charge in [-0.05, 0) is 58.3 Å². The van der Waals surface area contributed by atoms with E-state index in [0.717, 1.165) is 38.3 Å². The zero-order valence-corrected chi connectivity index (χ0v) is 20.9. The van der Waals surface area contributed by atoms with Crippen LogP contribution in [-0.4, -0.2) is 21.7 Å². The van der Waals surface area contributed by atoms with E-state index in [4.69, 9.17) is 4.42 Å². The molecule has 4 nitrogen and oxygen atoms in total. The second-order valence-electron chi connectivity index (χ2n) is 10.00. The number of benzene rings is 6. The number of para-hydroxylation sites is 1. The molecule has 6 aromatic carbocycles. The van der Waals surface area contributed by atoms with Crippen molar-refractivity contribution in [3.8, 4) is 16.8 Å². The topological polar surface area (TPSA) is 58.5 Å². The Balaban J connectivity index is 1.44. The van der Waals surface area contributed by atoms with E-state index in [2.05, 4.69) is 89.5 Å². The van der Waals surface area contributed by atoms with Crippen LogP contribution in [0.1, 0.15) is 0 Å². The lowest BCUT2D eigenvalue weighted by Gasteiger charge is -2.09. The van der Waals surface area contributed by atoms with E-state index in [1.807, 2.05) is 30.3 Å². The van der Waals surface area contributed by atoms with Crippen LogP contribution in [0.15, 0.2) is 126 Å². The monoisotopic (exact) mass is 503 g/mol. The fourth-order valence-electron chi connectivity index (χ4n) is 6.03. The van der Waals surface area contributed by atoms with Gasteiger partial charge in [0, 0.05) is 32.7 Å². The van der Waals surface area contributed by atoms with E-state index in [0.29, 0.717) is 16.6 Å². The van der Waals surface area contributed by atoms with E-state index in [1.54, 1.807) is 6.07 Å². The molecule has 8 rings (SSSR count). The van der Waals surface area contributed by atoms with Crippen LogP contribution >= 0.6 is 0 Å². The molecule has 0 saturated carbocycles. The fraction of sp³-hybridized carbons (Fsp3) is 0. The molecule has 0 aliphatic rings. The highest BCUT2D eigenvalue weighted by molar-refractivity contribution is 6.62. The fourth-order valence-corrected chi connectivity index (χ4v) is 6.03. The van der Waals surface area contributed by atoms with Crippen LogP contribution in [0, 0.1) is 0 Å². The SMILES string of the molecule is OB(O)c1cc2ccccc2c2c1oc1ccc(-n3c4ccccc4c4cc(-c5ccccc5)ccc43)cc12. The number of furan rings is 1. The summed E-state index contributed by atoms with van der Waals surface area (Å²) in [4.78, 5) is 0. The van der Waals surface area contributed by atoms with Gasteiger partial charge in [0.05, 0.1) is 11.0 Å². The molecule has 0 spiro atoms. The summed E-state index contributed by atoms with van der Waals surface area (Å²) in [6, 6.07) is 41.6. The minimum atomic E-state index is -1.63. The third-order valence-electron chi connectivity index (χ3n) is 7.79. The smallest absolute Gasteiger partial charge is 0.456 e. The van der Waals surface area contributed by atoms with Crippen molar-refractivity contribution in [2.24, 2.45) is 0 Å². The highest BCUT2D eigenvalue weighted by atomic mass is 16.4. The number of hydrogen-bond acceptors (Lipinski definition) is 3. The summed E-state index contributed by atoms with van der Waals surface area (Å²) in [5, 5.41) is 26.5. The summed E-state index contributed by atoms with van der Waals surface area (Å²) in [6.45, 7) is 0. The van der Waals surface area contributed by atoms with Crippen LogP contribution < -0.4 is 5.46 Å². The normalized spacial score (nSPS) is 11.8. The predicted octanol–water partition coefficient (Wildman–Crippen LogP) is 7.18. The summed E-state index contributed by atoms with van der Waals surface area (Å²) in [5.74, 6) is 0. The average Bonchev–Trinajstić information content (AvgIpc) is 3.52. The molecular formula is C34H22BNO3. The van der Waals surface area contributed by atoms with Crippen molar-refractivity contribution in [2.45, 2.75) is 0 Å². The average molecular weight is 503 g/mol. The summed E-state index contributed by atoms with van der Waals surface area (Å²) in [5.41, 5.74) is 7.22. The zero-order chi connectivity index (χ0) is 26.1. The van der Waals surface area contributed by atoms with Crippen molar-refractivity contribution in [1.82, 2.24) is 4.57 Å². The molecule has 0 unspecified atom stereocenters. The number of fused-ring (bicyclic) bond motifs is 8. The quantitative estimate of drug-likeness (QED) is 0.251. The van der Waals surface area contributed by atoms with Gasteiger partial charge in [-0.15, -0.1) is 0 Å². The summed E-state index contributed by atoms with van der Waals surface area (Å²) in [6.07, 6.45) is 0. The molecule has 0 radical (unpaired) electrons. The van der Waals surface area contributed by atoms with Gasteiger partial charge in [-0.2, -0.15) is 0 Å². The second-order valence-corrected chi connectivity index (χ2v) is 10.00. The van der Waals surface area contributed by atoms with Gasteiger partial charge >= 0.3 is 7.12 Å². The van der Waals surface area contributed by atoms with Gasteiger partial charge in [0.1, 0.15) is 11.2 Å². The maximum absolute atomic E-state index is 10.1. The molecular weight excluding hydrogens is 481 g/mol. The van der Waals surface area contributed by atoms with E-state index in [9.17, 15) is 10.0 Å². The number of nitrogens with zero attached hydrogens (tertiary/aromatic N) is 1. The van der Waals surface area contributed by atoms with Crippen LogP contribution in [0.3, 0.4) is 0 Å². The van der Waals surface area contributed by atoms with Crippen molar-refractivity contribution in [3.05, 3.63) is 121 Å². The molecule has 0 fully saturated rings. The van der Waals surface area contributed by atoms with E-state index >= 15 is 0 Å². The lowest BCUT2D eigenvalue weighted by Crippen LogP contribution is -2.30. The molecule has 0 atom stereocenters. The molecule has 0 aliphatic carbocycles. The Morgan fingerprint density at radius 3 is 2.15 bits per heavy atom. The van der Waals surface area contributed by atoms with Gasteiger partial charge in [-0.1, -0.05) is 84.9 Å². The first kappa shape index (κ1) is 22.2. The second kappa shape index (κ2) is 8.33. The minimum Gasteiger partial charge on any atom is -0.456 e. The van der Waals surface area contributed by atoms with Crippen molar-refractivity contribution in [1.29, 1.82) is 0 Å². The van der Waals surface area contributed by atoms with Crippen LogP contribution in [0.4, 0.5) is 0 Å². The van der Waals surface area contributed by atoms with Crippen LogP contribution in [0.25, 0.3) is 71.3 Å². The van der Waals surface area contributed by atoms with E-state index in [-0.39, 0.29) is 0 Å². The van der Waals surface area contributed by atoms with Gasteiger partial charge in [0.2, 0.25) is 0 Å². The third kappa shape index (κ3) is 3.28. The lowest BCUT2D eigenvalue weighted by atomic mass is 9.78. The Morgan fingerprint density at radius 1 is 0.564 bits per heavy atom. The minimum absolute atomic E-state index is 0.367. The Hall–Kier alpha value is -4.84. The van der Waals surface area contributed by atoms with Gasteiger partial charge in [-0.3, -0.25) is 0 Å². The highest BCUT2D eigenvalue weighted by Crippen LogP contribution is 2.38.